The summed E-state index contributed by atoms with van der Waals surface area (Å²) in [6.07, 6.45) is 6.20. The van der Waals surface area contributed by atoms with Crippen molar-refractivity contribution in [2.45, 2.75) is 71.8 Å². The smallest absolute Gasteiger partial charge is 0.227 e. The van der Waals surface area contributed by atoms with E-state index in [0.29, 0.717) is 0 Å². The molecule has 0 bridgehead atoms. The van der Waals surface area contributed by atoms with Crippen molar-refractivity contribution in [2.24, 2.45) is 5.41 Å². The van der Waals surface area contributed by atoms with Gasteiger partial charge in [0.2, 0.25) is 5.91 Å². The molecule has 1 atom stereocenters. The van der Waals surface area contributed by atoms with Crippen molar-refractivity contribution in [3.63, 3.8) is 0 Å². The highest BCUT2D eigenvalue weighted by atomic mass is 16.2. The molecule has 106 valence electrons. The Balaban J connectivity index is 2.76. The average Bonchev–Trinajstić information content (AvgIpc) is 2.40. The predicted molar refractivity (Wildman–Crippen MR) is 76.6 cm³/mol. The minimum atomic E-state index is -0.168. The van der Waals surface area contributed by atoms with Gasteiger partial charge in [0, 0.05) is 12.1 Å². The minimum absolute atomic E-state index is 0.0464. The maximum absolute atomic E-state index is 12.7. The Labute approximate surface area is 112 Å². The minimum Gasteiger partial charge on any atom is -0.350 e. The van der Waals surface area contributed by atoms with E-state index in [0.717, 1.165) is 51.6 Å². The molecule has 1 saturated heterocycles. The lowest BCUT2D eigenvalue weighted by molar-refractivity contribution is -0.134. The highest BCUT2D eigenvalue weighted by molar-refractivity contribution is 5.83. The number of rotatable bonds is 6. The molecule has 1 aliphatic heterocycles. The average molecular weight is 254 g/mol. The first-order valence-corrected chi connectivity index (χ1v) is 7.55. The fourth-order valence-electron chi connectivity index (χ4n) is 2.80. The van der Waals surface area contributed by atoms with Crippen LogP contribution in [0.5, 0.6) is 0 Å². The van der Waals surface area contributed by atoms with Crippen LogP contribution in [0.3, 0.4) is 0 Å². The first-order valence-electron chi connectivity index (χ1n) is 7.55. The summed E-state index contributed by atoms with van der Waals surface area (Å²) in [6.45, 7) is 10.5. The van der Waals surface area contributed by atoms with Crippen molar-refractivity contribution in [1.82, 2.24) is 10.6 Å². The fraction of sp³-hybridized carbons (Fsp3) is 0.933. The maximum Gasteiger partial charge on any atom is 0.227 e. The molecule has 0 radical (unpaired) electrons. The number of hydrogen-bond donors (Lipinski definition) is 2. The third-order valence-electron chi connectivity index (χ3n) is 4.66. The number of nitrogens with one attached hydrogen (secondary N) is 2. The lowest BCUT2D eigenvalue weighted by atomic mass is 9.75. The Morgan fingerprint density at radius 2 is 2.00 bits per heavy atom. The van der Waals surface area contributed by atoms with Gasteiger partial charge in [0.25, 0.3) is 0 Å². The van der Waals surface area contributed by atoms with E-state index in [4.69, 9.17) is 0 Å². The van der Waals surface area contributed by atoms with Crippen LogP contribution in [0.2, 0.25) is 0 Å². The van der Waals surface area contributed by atoms with E-state index >= 15 is 0 Å². The summed E-state index contributed by atoms with van der Waals surface area (Å²) in [7, 11) is 0. The van der Waals surface area contributed by atoms with Gasteiger partial charge in [-0.15, -0.1) is 0 Å². The Hall–Kier alpha value is -0.570. The largest absolute Gasteiger partial charge is 0.350 e. The van der Waals surface area contributed by atoms with Crippen molar-refractivity contribution >= 4 is 5.91 Å². The molecule has 2 N–H and O–H groups in total. The van der Waals surface area contributed by atoms with E-state index < -0.39 is 0 Å². The molecular weight excluding hydrogens is 224 g/mol. The zero-order valence-electron chi connectivity index (χ0n) is 12.6. The SMILES string of the molecule is CCCC1(C(=O)NC(C)(CC)CC)CCCNC1. The number of carbonyl (C=O) groups excluding carboxylic acids is 1. The molecule has 1 unspecified atom stereocenters. The maximum atomic E-state index is 12.7. The van der Waals surface area contributed by atoms with Gasteiger partial charge in [0.05, 0.1) is 5.41 Å². The summed E-state index contributed by atoms with van der Waals surface area (Å²) in [6, 6.07) is 0. The number of hydrogen-bond acceptors (Lipinski definition) is 2. The summed E-state index contributed by atoms with van der Waals surface area (Å²) in [5, 5.41) is 6.71. The first-order chi connectivity index (χ1) is 8.52. The first kappa shape index (κ1) is 15.5. The van der Waals surface area contributed by atoms with Crippen LogP contribution in [-0.2, 0) is 4.79 Å². The molecule has 1 amide bonds. The molecule has 1 fully saturated rings. The molecule has 0 aromatic rings. The van der Waals surface area contributed by atoms with Crippen molar-refractivity contribution in [3.05, 3.63) is 0 Å². The second-order valence-corrected chi connectivity index (χ2v) is 6.03. The van der Waals surface area contributed by atoms with Gasteiger partial charge in [-0.25, -0.2) is 0 Å². The molecule has 0 aliphatic carbocycles. The second kappa shape index (κ2) is 6.55. The third kappa shape index (κ3) is 3.47. The second-order valence-electron chi connectivity index (χ2n) is 6.03. The molecular formula is C15H30N2O. The summed E-state index contributed by atoms with van der Waals surface area (Å²) < 4.78 is 0. The monoisotopic (exact) mass is 254 g/mol. The van der Waals surface area contributed by atoms with Crippen molar-refractivity contribution in [3.8, 4) is 0 Å². The summed E-state index contributed by atoms with van der Waals surface area (Å²) >= 11 is 0. The molecule has 18 heavy (non-hydrogen) atoms. The lowest BCUT2D eigenvalue weighted by Gasteiger charge is -2.40. The Morgan fingerprint density at radius 1 is 1.33 bits per heavy atom. The van der Waals surface area contributed by atoms with Crippen LogP contribution in [0.4, 0.5) is 0 Å². The van der Waals surface area contributed by atoms with E-state index in [2.05, 4.69) is 38.3 Å². The van der Waals surface area contributed by atoms with Gasteiger partial charge >= 0.3 is 0 Å². The van der Waals surface area contributed by atoms with E-state index in [1.807, 2.05) is 0 Å². The standard InChI is InChI=1S/C15H30N2O/c1-5-9-15(10-8-11-16-12-15)13(18)17-14(4,6-2)7-3/h16H,5-12H2,1-4H3,(H,17,18). The Kier molecular flexibility index (Phi) is 5.64. The van der Waals surface area contributed by atoms with Crippen LogP contribution < -0.4 is 10.6 Å². The zero-order chi connectivity index (χ0) is 13.6. The molecule has 0 saturated carbocycles. The third-order valence-corrected chi connectivity index (χ3v) is 4.66. The highest BCUT2D eigenvalue weighted by Gasteiger charge is 2.40. The van der Waals surface area contributed by atoms with Crippen LogP contribution in [0.1, 0.15) is 66.2 Å². The van der Waals surface area contributed by atoms with E-state index in [-0.39, 0.29) is 16.9 Å². The number of amides is 1. The van der Waals surface area contributed by atoms with Crippen molar-refractivity contribution in [1.29, 1.82) is 0 Å². The molecule has 0 spiro atoms. The molecule has 1 aliphatic rings. The van der Waals surface area contributed by atoms with Gasteiger partial charge in [0.1, 0.15) is 0 Å². The van der Waals surface area contributed by atoms with Crippen molar-refractivity contribution in [2.75, 3.05) is 13.1 Å². The zero-order valence-corrected chi connectivity index (χ0v) is 12.6. The van der Waals surface area contributed by atoms with Crippen LogP contribution in [-0.4, -0.2) is 24.5 Å². The lowest BCUT2D eigenvalue weighted by Crippen LogP contribution is -2.56. The van der Waals surface area contributed by atoms with E-state index in [1.54, 1.807) is 0 Å². The van der Waals surface area contributed by atoms with E-state index in [1.165, 1.54) is 0 Å². The molecule has 0 aromatic carbocycles. The van der Waals surface area contributed by atoms with Crippen LogP contribution in [0.15, 0.2) is 0 Å². The fourth-order valence-corrected chi connectivity index (χ4v) is 2.80. The summed E-state index contributed by atoms with van der Waals surface area (Å²) in [5.41, 5.74) is -0.214. The summed E-state index contributed by atoms with van der Waals surface area (Å²) in [5.74, 6) is 0.266. The van der Waals surface area contributed by atoms with Gasteiger partial charge in [-0.2, -0.15) is 0 Å². The van der Waals surface area contributed by atoms with Gasteiger partial charge in [0.15, 0.2) is 0 Å². The quantitative estimate of drug-likeness (QED) is 0.765. The Bertz CT molecular complexity index is 260. The van der Waals surface area contributed by atoms with Gasteiger partial charge < -0.3 is 10.6 Å². The van der Waals surface area contributed by atoms with Gasteiger partial charge in [-0.05, 0) is 45.6 Å². The van der Waals surface area contributed by atoms with Crippen LogP contribution in [0, 0.1) is 5.41 Å². The molecule has 1 heterocycles. The summed E-state index contributed by atoms with van der Waals surface area (Å²) in [4.78, 5) is 12.7. The van der Waals surface area contributed by atoms with Gasteiger partial charge in [-0.1, -0.05) is 27.2 Å². The normalized spacial score (nSPS) is 24.9. The predicted octanol–water partition coefficient (Wildman–Crippen LogP) is 2.85. The van der Waals surface area contributed by atoms with Gasteiger partial charge in [-0.3, -0.25) is 4.79 Å². The molecule has 3 heteroatoms. The Morgan fingerprint density at radius 3 is 2.44 bits per heavy atom. The van der Waals surface area contributed by atoms with E-state index in [9.17, 15) is 4.79 Å². The highest BCUT2D eigenvalue weighted by Crippen LogP contribution is 2.33. The van der Waals surface area contributed by atoms with Crippen LogP contribution in [0.25, 0.3) is 0 Å². The number of carbonyl (C=O) groups is 1. The number of piperidine rings is 1. The molecule has 0 aromatic heterocycles. The topological polar surface area (TPSA) is 41.1 Å². The van der Waals surface area contributed by atoms with Crippen LogP contribution >= 0.6 is 0 Å². The van der Waals surface area contributed by atoms with Crippen molar-refractivity contribution < 1.29 is 4.79 Å². The molecule has 3 nitrogen and oxygen atoms in total. The molecule has 1 rings (SSSR count).